The van der Waals surface area contributed by atoms with Gasteiger partial charge in [0.05, 0.1) is 0 Å². The summed E-state index contributed by atoms with van der Waals surface area (Å²) in [5.74, 6) is -0.0715. The summed E-state index contributed by atoms with van der Waals surface area (Å²) in [7, 11) is 1.70. The van der Waals surface area contributed by atoms with E-state index >= 15 is 0 Å². The van der Waals surface area contributed by atoms with Crippen LogP contribution in [0.3, 0.4) is 0 Å². The molecule has 0 saturated carbocycles. The van der Waals surface area contributed by atoms with E-state index in [1.807, 2.05) is 13.8 Å². The number of hydrogen-bond donors (Lipinski definition) is 2. The molecule has 1 heterocycles. The fourth-order valence-corrected chi connectivity index (χ4v) is 1.83. The molecule has 0 aromatic heterocycles. The third-order valence-electron chi connectivity index (χ3n) is 3.55. The predicted molar refractivity (Wildman–Crippen MR) is 74.8 cm³/mol. The predicted octanol–water partition coefficient (Wildman–Crippen LogP) is -0.240. The molecule has 20 heavy (non-hydrogen) atoms. The minimum Gasteiger partial charge on any atom is -0.344 e. The second-order valence-electron chi connectivity index (χ2n) is 5.54. The van der Waals surface area contributed by atoms with Crippen LogP contribution in [0, 0.1) is 5.92 Å². The van der Waals surface area contributed by atoms with Gasteiger partial charge in [-0.1, -0.05) is 13.8 Å². The molecule has 0 aliphatic carbocycles. The fraction of sp³-hybridized carbons (Fsp3) is 0.769. The molecule has 1 rings (SSSR count). The maximum atomic E-state index is 12.0. The highest BCUT2D eigenvalue weighted by molar-refractivity contribution is 5.98. The summed E-state index contributed by atoms with van der Waals surface area (Å²) in [6.07, 6.45) is 0.964. The summed E-state index contributed by atoms with van der Waals surface area (Å²) in [6, 6.07) is -0.442. The summed E-state index contributed by atoms with van der Waals surface area (Å²) in [6.45, 7) is 4.93. The van der Waals surface area contributed by atoms with Gasteiger partial charge < -0.3 is 15.5 Å². The summed E-state index contributed by atoms with van der Waals surface area (Å²) < 4.78 is 0. The lowest BCUT2D eigenvalue weighted by Gasteiger charge is -2.28. The SMILES string of the molecule is CC(C)C(N)CCN(C)C(=O)CN1CCC(=O)NC1=O. The molecule has 0 radical (unpaired) electrons. The van der Waals surface area contributed by atoms with Gasteiger partial charge in [-0.05, 0) is 12.3 Å². The molecule has 1 saturated heterocycles. The van der Waals surface area contributed by atoms with Crippen molar-refractivity contribution in [3.05, 3.63) is 0 Å². The van der Waals surface area contributed by atoms with Gasteiger partial charge in [-0.2, -0.15) is 0 Å². The Morgan fingerprint density at radius 3 is 2.65 bits per heavy atom. The average Bonchev–Trinajstić information content (AvgIpc) is 2.38. The van der Waals surface area contributed by atoms with Gasteiger partial charge in [0.2, 0.25) is 11.8 Å². The number of carbonyl (C=O) groups excluding carboxylic acids is 3. The minimum atomic E-state index is -0.498. The average molecular weight is 284 g/mol. The van der Waals surface area contributed by atoms with Crippen molar-refractivity contribution in [2.75, 3.05) is 26.7 Å². The zero-order valence-corrected chi connectivity index (χ0v) is 12.4. The molecule has 0 bridgehead atoms. The van der Waals surface area contributed by atoms with Gasteiger partial charge in [-0.15, -0.1) is 0 Å². The number of likely N-dealkylation sites (N-methyl/N-ethyl adjacent to an activating group) is 1. The Balaban J connectivity index is 2.38. The Hall–Kier alpha value is -1.63. The largest absolute Gasteiger partial charge is 0.344 e. The molecule has 0 aromatic rings. The van der Waals surface area contributed by atoms with Crippen LogP contribution >= 0.6 is 0 Å². The van der Waals surface area contributed by atoms with Gasteiger partial charge in [0.15, 0.2) is 0 Å². The van der Waals surface area contributed by atoms with Crippen LogP contribution in [0.25, 0.3) is 0 Å². The fourth-order valence-electron chi connectivity index (χ4n) is 1.83. The van der Waals surface area contributed by atoms with Crippen molar-refractivity contribution in [2.45, 2.75) is 32.7 Å². The molecule has 3 N–H and O–H groups in total. The minimum absolute atomic E-state index is 0.00741. The zero-order valence-electron chi connectivity index (χ0n) is 12.4. The molecule has 114 valence electrons. The number of rotatable bonds is 6. The van der Waals surface area contributed by atoms with E-state index in [0.717, 1.165) is 6.42 Å². The molecule has 0 spiro atoms. The normalized spacial score (nSPS) is 17.1. The van der Waals surface area contributed by atoms with Crippen molar-refractivity contribution in [3.63, 3.8) is 0 Å². The number of urea groups is 1. The summed E-state index contributed by atoms with van der Waals surface area (Å²) in [4.78, 5) is 37.5. The monoisotopic (exact) mass is 284 g/mol. The van der Waals surface area contributed by atoms with Crippen LogP contribution < -0.4 is 11.1 Å². The summed E-state index contributed by atoms with van der Waals surface area (Å²) >= 11 is 0. The standard InChI is InChI=1S/C13H24N4O3/c1-9(2)10(14)4-6-16(3)12(19)8-17-7-5-11(18)15-13(17)20/h9-10H,4-8,14H2,1-3H3,(H,15,18,20). The maximum absolute atomic E-state index is 12.0. The van der Waals surface area contributed by atoms with Gasteiger partial charge in [0.25, 0.3) is 0 Å². The second-order valence-corrected chi connectivity index (χ2v) is 5.54. The topological polar surface area (TPSA) is 95.7 Å². The van der Waals surface area contributed by atoms with E-state index in [-0.39, 0.29) is 37.4 Å². The number of nitrogens with two attached hydrogens (primary N) is 1. The highest BCUT2D eigenvalue weighted by Crippen LogP contribution is 2.05. The van der Waals surface area contributed by atoms with Crippen molar-refractivity contribution in [3.8, 4) is 0 Å². The number of nitrogens with one attached hydrogen (secondary N) is 1. The third-order valence-corrected chi connectivity index (χ3v) is 3.55. The first kappa shape index (κ1) is 16.4. The van der Waals surface area contributed by atoms with Gasteiger partial charge >= 0.3 is 6.03 Å². The van der Waals surface area contributed by atoms with E-state index in [1.165, 1.54) is 4.90 Å². The number of nitrogens with zero attached hydrogens (tertiary/aromatic N) is 2. The zero-order chi connectivity index (χ0) is 15.3. The smallest absolute Gasteiger partial charge is 0.324 e. The van der Waals surface area contributed by atoms with Crippen LogP contribution in [0.5, 0.6) is 0 Å². The second kappa shape index (κ2) is 7.23. The van der Waals surface area contributed by atoms with E-state index in [9.17, 15) is 14.4 Å². The molecular weight excluding hydrogens is 260 g/mol. The Morgan fingerprint density at radius 1 is 1.45 bits per heavy atom. The first-order chi connectivity index (χ1) is 9.31. The van der Waals surface area contributed by atoms with Crippen molar-refractivity contribution < 1.29 is 14.4 Å². The van der Waals surface area contributed by atoms with Crippen molar-refractivity contribution in [2.24, 2.45) is 11.7 Å². The van der Waals surface area contributed by atoms with E-state index in [1.54, 1.807) is 11.9 Å². The molecule has 0 aromatic carbocycles. The molecule has 4 amide bonds. The van der Waals surface area contributed by atoms with E-state index < -0.39 is 6.03 Å². The van der Waals surface area contributed by atoms with Gasteiger partial charge in [-0.25, -0.2) is 4.79 Å². The molecule has 1 atom stereocenters. The van der Waals surface area contributed by atoms with Crippen LogP contribution in [0.1, 0.15) is 26.7 Å². The lowest BCUT2D eigenvalue weighted by atomic mass is 10.0. The lowest BCUT2D eigenvalue weighted by Crippen LogP contribution is -2.52. The Bertz CT molecular complexity index is 384. The van der Waals surface area contributed by atoms with Crippen LogP contribution in [0.15, 0.2) is 0 Å². The lowest BCUT2D eigenvalue weighted by molar-refractivity contribution is -0.131. The van der Waals surface area contributed by atoms with Crippen LogP contribution in [0.2, 0.25) is 0 Å². The summed E-state index contributed by atoms with van der Waals surface area (Å²) in [5, 5.41) is 2.20. The molecular formula is C13H24N4O3. The molecule has 1 fully saturated rings. The van der Waals surface area contributed by atoms with Gasteiger partial charge in [0.1, 0.15) is 6.54 Å². The van der Waals surface area contributed by atoms with Crippen molar-refractivity contribution in [1.29, 1.82) is 0 Å². The van der Waals surface area contributed by atoms with E-state index in [0.29, 0.717) is 12.5 Å². The molecule has 1 aliphatic heterocycles. The highest BCUT2D eigenvalue weighted by Gasteiger charge is 2.25. The van der Waals surface area contributed by atoms with Crippen LogP contribution in [-0.2, 0) is 9.59 Å². The maximum Gasteiger partial charge on any atom is 0.324 e. The third kappa shape index (κ3) is 4.80. The first-order valence-corrected chi connectivity index (χ1v) is 6.89. The van der Waals surface area contributed by atoms with Gasteiger partial charge in [-0.3, -0.25) is 14.9 Å². The molecule has 7 heteroatoms. The number of amides is 4. The number of imide groups is 1. The Morgan fingerprint density at radius 2 is 2.10 bits per heavy atom. The highest BCUT2D eigenvalue weighted by atomic mass is 16.2. The van der Waals surface area contributed by atoms with Crippen molar-refractivity contribution >= 4 is 17.8 Å². The van der Waals surface area contributed by atoms with Crippen molar-refractivity contribution in [1.82, 2.24) is 15.1 Å². The van der Waals surface area contributed by atoms with E-state index in [4.69, 9.17) is 5.73 Å². The molecule has 1 aliphatic rings. The van der Waals surface area contributed by atoms with E-state index in [2.05, 4.69) is 5.32 Å². The summed E-state index contributed by atoms with van der Waals surface area (Å²) in [5.41, 5.74) is 5.94. The Labute approximate surface area is 119 Å². The molecule has 1 unspecified atom stereocenters. The quantitative estimate of drug-likeness (QED) is 0.703. The number of hydrogen-bond acceptors (Lipinski definition) is 4. The Kier molecular flexibility index (Phi) is 5.94. The van der Waals surface area contributed by atoms with Crippen LogP contribution in [-0.4, -0.2) is 60.4 Å². The van der Waals surface area contributed by atoms with Gasteiger partial charge in [0, 0.05) is 32.6 Å². The first-order valence-electron chi connectivity index (χ1n) is 6.89. The van der Waals surface area contributed by atoms with Crippen LogP contribution in [0.4, 0.5) is 4.79 Å². The molecule has 7 nitrogen and oxygen atoms in total. The number of carbonyl (C=O) groups is 3.